The molecule has 1 fully saturated rings. The van der Waals surface area contributed by atoms with Crippen molar-refractivity contribution in [2.24, 2.45) is 0 Å². The lowest BCUT2D eigenvalue weighted by atomic mass is 10.2. The van der Waals surface area contributed by atoms with Gasteiger partial charge in [-0.1, -0.05) is 6.07 Å². The van der Waals surface area contributed by atoms with E-state index in [0.29, 0.717) is 6.61 Å². The Labute approximate surface area is 146 Å². The van der Waals surface area contributed by atoms with Crippen LogP contribution in [0.4, 0.5) is 5.82 Å². The minimum absolute atomic E-state index is 0.102. The normalized spacial score (nSPS) is 17.8. The van der Waals surface area contributed by atoms with E-state index in [0.717, 1.165) is 37.0 Å². The van der Waals surface area contributed by atoms with Gasteiger partial charge in [-0.05, 0) is 32.0 Å². The third-order valence-corrected chi connectivity index (χ3v) is 4.43. The van der Waals surface area contributed by atoms with Gasteiger partial charge in [-0.2, -0.15) is 5.10 Å². The molecule has 130 valence electrons. The molecule has 7 heteroatoms. The summed E-state index contributed by atoms with van der Waals surface area (Å²) in [4.78, 5) is 11.1. The Morgan fingerprint density at radius 2 is 2.12 bits per heavy atom. The average molecular weight is 338 g/mol. The van der Waals surface area contributed by atoms with Crippen LogP contribution >= 0.6 is 0 Å². The van der Waals surface area contributed by atoms with E-state index in [9.17, 15) is 0 Å². The van der Waals surface area contributed by atoms with Crippen molar-refractivity contribution in [1.29, 1.82) is 0 Å². The van der Waals surface area contributed by atoms with Crippen LogP contribution in [0.15, 0.2) is 43.0 Å². The Morgan fingerprint density at radius 3 is 2.88 bits per heavy atom. The second-order valence-electron chi connectivity index (χ2n) is 6.37. The number of imidazole rings is 1. The average Bonchev–Trinajstić information content (AvgIpc) is 3.26. The van der Waals surface area contributed by atoms with Crippen molar-refractivity contribution in [3.63, 3.8) is 0 Å². The van der Waals surface area contributed by atoms with E-state index >= 15 is 0 Å². The van der Waals surface area contributed by atoms with Crippen molar-refractivity contribution in [2.45, 2.75) is 26.5 Å². The summed E-state index contributed by atoms with van der Waals surface area (Å²) in [5, 5.41) is 4.54. The number of rotatable bonds is 4. The van der Waals surface area contributed by atoms with Gasteiger partial charge in [-0.15, -0.1) is 0 Å². The van der Waals surface area contributed by atoms with Gasteiger partial charge in [0.15, 0.2) is 0 Å². The zero-order chi connectivity index (χ0) is 17.2. The lowest BCUT2D eigenvalue weighted by Crippen LogP contribution is -2.45. The van der Waals surface area contributed by atoms with E-state index in [4.69, 9.17) is 9.72 Å². The predicted octanol–water partition coefficient (Wildman–Crippen LogP) is 1.99. The highest BCUT2D eigenvalue weighted by Crippen LogP contribution is 2.18. The SMILES string of the molecule is Cc1cc(C)n(CC2CN(c3cccc(-n4ccnc4)n3)CCO2)n1. The number of aryl methyl sites for hydroxylation is 2. The van der Waals surface area contributed by atoms with Crippen LogP contribution in [0.5, 0.6) is 0 Å². The molecule has 0 radical (unpaired) electrons. The van der Waals surface area contributed by atoms with Gasteiger partial charge < -0.3 is 9.64 Å². The summed E-state index contributed by atoms with van der Waals surface area (Å²) in [6.45, 7) is 7.20. The lowest BCUT2D eigenvalue weighted by Gasteiger charge is -2.34. The summed E-state index contributed by atoms with van der Waals surface area (Å²) < 4.78 is 9.90. The number of ether oxygens (including phenoxy) is 1. The molecule has 0 N–H and O–H groups in total. The van der Waals surface area contributed by atoms with Gasteiger partial charge in [0.25, 0.3) is 0 Å². The Balaban J connectivity index is 1.49. The molecule has 0 aliphatic carbocycles. The fourth-order valence-electron chi connectivity index (χ4n) is 3.22. The maximum Gasteiger partial charge on any atom is 0.140 e. The minimum Gasteiger partial charge on any atom is -0.373 e. The van der Waals surface area contributed by atoms with Crippen molar-refractivity contribution < 1.29 is 4.74 Å². The number of hydrogen-bond acceptors (Lipinski definition) is 5. The van der Waals surface area contributed by atoms with E-state index in [2.05, 4.69) is 28.0 Å². The number of pyridine rings is 1. The Morgan fingerprint density at radius 1 is 1.24 bits per heavy atom. The second kappa shape index (κ2) is 6.68. The van der Waals surface area contributed by atoms with Gasteiger partial charge in [0.05, 0.1) is 24.9 Å². The monoisotopic (exact) mass is 338 g/mol. The molecule has 1 aliphatic heterocycles. The lowest BCUT2D eigenvalue weighted by molar-refractivity contribution is 0.0267. The van der Waals surface area contributed by atoms with Crippen LogP contribution in [0.2, 0.25) is 0 Å². The first-order valence-electron chi connectivity index (χ1n) is 8.52. The Hall–Kier alpha value is -2.67. The molecule has 4 rings (SSSR count). The third kappa shape index (κ3) is 3.41. The maximum atomic E-state index is 5.95. The van der Waals surface area contributed by atoms with Gasteiger partial charge in [-0.3, -0.25) is 9.25 Å². The van der Waals surface area contributed by atoms with Crippen molar-refractivity contribution >= 4 is 5.82 Å². The third-order valence-electron chi connectivity index (χ3n) is 4.43. The molecule has 0 amide bonds. The summed E-state index contributed by atoms with van der Waals surface area (Å²) >= 11 is 0. The molecule has 0 bridgehead atoms. The summed E-state index contributed by atoms with van der Waals surface area (Å²) in [5.74, 6) is 1.84. The number of aromatic nitrogens is 5. The molecule has 1 saturated heterocycles. The first kappa shape index (κ1) is 15.8. The predicted molar refractivity (Wildman–Crippen MR) is 95.0 cm³/mol. The molecule has 25 heavy (non-hydrogen) atoms. The standard InChI is InChI=1S/C18H22N6O/c1-14-10-15(2)24(21-14)12-16-11-22(8-9-25-16)17-4-3-5-18(20-17)23-7-6-19-13-23/h3-7,10,13,16H,8-9,11-12H2,1-2H3. The second-order valence-corrected chi connectivity index (χ2v) is 6.37. The molecule has 7 nitrogen and oxygen atoms in total. The maximum absolute atomic E-state index is 5.95. The molecule has 3 aromatic rings. The number of anilines is 1. The Kier molecular flexibility index (Phi) is 4.23. The zero-order valence-corrected chi connectivity index (χ0v) is 14.5. The van der Waals surface area contributed by atoms with Gasteiger partial charge in [0.1, 0.15) is 18.0 Å². The van der Waals surface area contributed by atoms with Gasteiger partial charge >= 0.3 is 0 Å². The summed E-state index contributed by atoms with van der Waals surface area (Å²) in [7, 11) is 0. The van der Waals surface area contributed by atoms with Crippen LogP contribution in [0.25, 0.3) is 5.82 Å². The van der Waals surface area contributed by atoms with Crippen molar-refractivity contribution in [1.82, 2.24) is 24.3 Å². The molecule has 0 saturated carbocycles. The number of morpholine rings is 1. The van der Waals surface area contributed by atoms with Gasteiger partial charge in [-0.25, -0.2) is 9.97 Å². The summed E-state index contributed by atoms with van der Waals surface area (Å²) in [5.41, 5.74) is 2.21. The van der Waals surface area contributed by atoms with Crippen LogP contribution in [-0.2, 0) is 11.3 Å². The quantitative estimate of drug-likeness (QED) is 0.728. The fraction of sp³-hybridized carbons (Fsp3) is 0.389. The van der Waals surface area contributed by atoms with E-state index < -0.39 is 0 Å². The molecule has 0 spiro atoms. The van der Waals surface area contributed by atoms with Crippen LogP contribution in [0.1, 0.15) is 11.4 Å². The van der Waals surface area contributed by atoms with Crippen LogP contribution < -0.4 is 4.90 Å². The van der Waals surface area contributed by atoms with Crippen molar-refractivity contribution in [3.05, 3.63) is 54.4 Å². The van der Waals surface area contributed by atoms with E-state index in [1.807, 2.05) is 40.6 Å². The fourth-order valence-corrected chi connectivity index (χ4v) is 3.22. The highest BCUT2D eigenvalue weighted by Gasteiger charge is 2.23. The molecule has 4 heterocycles. The highest BCUT2D eigenvalue weighted by atomic mass is 16.5. The molecular formula is C18H22N6O. The first-order valence-corrected chi connectivity index (χ1v) is 8.52. The number of nitrogens with zero attached hydrogens (tertiary/aromatic N) is 6. The molecule has 0 aromatic carbocycles. The van der Waals surface area contributed by atoms with E-state index in [-0.39, 0.29) is 6.10 Å². The summed E-state index contributed by atoms with van der Waals surface area (Å²) in [6, 6.07) is 8.16. The van der Waals surface area contributed by atoms with Crippen molar-refractivity contribution in [3.8, 4) is 5.82 Å². The molecule has 1 unspecified atom stereocenters. The van der Waals surface area contributed by atoms with Gasteiger partial charge in [0, 0.05) is 31.2 Å². The van der Waals surface area contributed by atoms with Crippen LogP contribution in [-0.4, -0.2) is 50.1 Å². The molecular weight excluding hydrogens is 316 g/mol. The summed E-state index contributed by atoms with van der Waals surface area (Å²) in [6.07, 6.45) is 5.52. The molecule has 1 atom stereocenters. The molecule has 1 aliphatic rings. The van der Waals surface area contributed by atoms with E-state index in [1.54, 1.807) is 12.5 Å². The van der Waals surface area contributed by atoms with Crippen molar-refractivity contribution in [2.75, 3.05) is 24.6 Å². The largest absolute Gasteiger partial charge is 0.373 e. The topological polar surface area (TPSA) is 61.0 Å². The highest BCUT2D eigenvalue weighted by molar-refractivity contribution is 5.43. The van der Waals surface area contributed by atoms with Crippen LogP contribution in [0.3, 0.4) is 0 Å². The first-order chi connectivity index (χ1) is 12.2. The Bertz CT molecular complexity index is 841. The van der Waals surface area contributed by atoms with Gasteiger partial charge in [0.2, 0.25) is 0 Å². The van der Waals surface area contributed by atoms with Crippen LogP contribution in [0, 0.1) is 13.8 Å². The number of hydrogen-bond donors (Lipinski definition) is 0. The zero-order valence-electron chi connectivity index (χ0n) is 14.5. The minimum atomic E-state index is 0.102. The smallest absolute Gasteiger partial charge is 0.140 e. The van der Waals surface area contributed by atoms with E-state index in [1.165, 1.54) is 5.69 Å². The molecule has 3 aromatic heterocycles.